The molecule has 1 aliphatic rings. The number of hydrogen-bond donors (Lipinski definition) is 0. The van der Waals surface area contributed by atoms with Gasteiger partial charge in [0.15, 0.2) is 0 Å². The lowest BCUT2D eigenvalue weighted by Gasteiger charge is -2.11. The zero-order valence-corrected chi connectivity index (χ0v) is 8.05. The molecule has 1 rings (SSSR count). The molecule has 12 heavy (non-hydrogen) atoms. The molecule has 0 aromatic heterocycles. The average Bonchev–Trinajstić information content (AvgIpc) is 2.29. The van der Waals surface area contributed by atoms with Crippen LogP contribution in [0.25, 0.3) is 0 Å². The van der Waals surface area contributed by atoms with Crippen LogP contribution in [0.5, 0.6) is 0 Å². The van der Waals surface area contributed by atoms with Gasteiger partial charge in [-0.15, -0.1) is 0 Å². The second-order valence-corrected chi connectivity index (χ2v) is 4.09. The first-order chi connectivity index (χ1) is 5.49. The van der Waals surface area contributed by atoms with Crippen molar-refractivity contribution in [1.82, 2.24) is 0 Å². The molecule has 0 spiro atoms. The molecule has 0 bridgehead atoms. The van der Waals surface area contributed by atoms with Crippen molar-refractivity contribution in [2.75, 3.05) is 6.61 Å². The van der Waals surface area contributed by atoms with Gasteiger partial charge in [0.05, 0.1) is 0 Å². The summed E-state index contributed by atoms with van der Waals surface area (Å²) in [6.45, 7) is 11.0. The molecule has 0 N–H and O–H groups in total. The minimum Gasteiger partial charge on any atom is -0.490 e. The summed E-state index contributed by atoms with van der Waals surface area (Å²) in [7, 11) is 0. The fourth-order valence-corrected chi connectivity index (χ4v) is 0.930. The van der Waals surface area contributed by atoms with Crippen LogP contribution in [0.15, 0.2) is 36.1 Å². The third kappa shape index (κ3) is 2.57. The van der Waals surface area contributed by atoms with Crippen LogP contribution >= 0.6 is 0 Å². The average molecular weight is 164 g/mol. The van der Waals surface area contributed by atoms with Crippen LogP contribution in [0.1, 0.15) is 20.8 Å². The molecule has 0 aliphatic carbocycles. The van der Waals surface area contributed by atoms with E-state index in [1.807, 2.05) is 6.08 Å². The molecule has 0 aromatic carbocycles. The monoisotopic (exact) mass is 164 g/mol. The van der Waals surface area contributed by atoms with Crippen molar-refractivity contribution in [2.45, 2.75) is 20.8 Å². The van der Waals surface area contributed by atoms with Crippen LogP contribution < -0.4 is 0 Å². The number of allylic oxidation sites excluding steroid dienone is 2. The van der Waals surface area contributed by atoms with Crippen molar-refractivity contribution in [3.63, 3.8) is 0 Å². The molecule has 0 atom stereocenters. The molecule has 0 saturated carbocycles. The van der Waals surface area contributed by atoms with Gasteiger partial charge in [-0.2, -0.15) is 0 Å². The second-order valence-electron chi connectivity index (χ2n) is 4.09. The Morgan fingerprint density at radius 1 is 1.50 bits per heavy atom. The molecule has 66 valence electrons. The zero-order valence-electron chi connectivity index (χ0n) is 8.05. The molecule has 0 saturated heterocycles. The summed E-state index contributed by atoms with van der Waals surface area (Å²) in [6.07, 6.45) is 6.29. The van der Waals surface area contributed by atoms with E-state index in [1.165, 1.54) is 0 Å². The van der Waals surface area contributed by atoms with Crippen LogP contribution in [-0.4, -0.2) is 6.61 Å². The van der Waals surface area contributed by atoms with E-state index >= 15 is 0 Å². The lowest BCUT2D eigenvalue weighted by Crippen LogP contribution is -1.98. The van der Waals surface area contributed by atoms with Gasteiger partial charge in [0.25, 0.3) is 0 Å². The number of ether oxygens (including phenoxy) is 1. The molecular weight excluding hydrogens is 148 g/mol. The second kappa shape index (κ2) is 3.18. The maximum absolute atomic E-state index is 5.19. The minimum atomic E-state index is 0.226. The Labute approximate surface area is 74.4 Å². The largest absolute Gasteiger partial charge is 0.490 e. The minimum absolute atomic E-state index is 0.226. The first-order valence-corrected chi connectivity index (χ1v) is 4.20. The third-order valence-electron chi connectivity index (χ3n) is 1.65. The molecule has 0 amide bonds. The van der Waals surface area contributed by atoms with E-state index in [1.54, 1.807) is 0 Å². The van der Waals surface area contributed by atoms with Crippen molar-refractivity contribution < 1.29 is 4.74 Å². The summed E-state index contributed by atoms with van der Waals surface area (Å²) in [5.41, 5.74) is 1.34. The topological polar surface area (TPSA) is 9.23 Å². The van der Waals surface area contributed by atoms with E-state index in [9.17, 15) is 0 Å². The predicted molar refractivity (Wildman–Crippen MR) is 51.8 cm³/mol. The highest BCUT2D eigenvalue weighted by molar-refractivity contribution is 5.37. The highest BCUT2D eigenvalue weighted by atomic mass is 16.5. The Bertz CT molecular complexity index is 238. The Morgan fingerprint density at radius 3 is 2.58 bits per heavy atom. The van der Waals surface area contributed by atoms with Crippen LogP contribution in [0.2, 0.25) is 0 Å². The van der Waals surface area contributed by atoms with Gasteiger partial charge < -0.3 is 4.74 Å². The zero-order chi connectivity index (χ0) is 9.19. The van der Waals surface area contributed by atoms with Crippen LogP contribution in [0.3, 0.4) is 0 Å². The lowest BCUT2D eigenvalue weighted by atomic mass is 9.95. The highest BCUT2D eigenvalue weighted by Gasteiger charge is 2.09. The molecule has 1 heteroatoms. The molecule has 1 nitrogen and oxygen atoms in total. The summed E-state index contributed by atoms with van der Waals surface area (Å²) in [4.78, 5) is 0. The summed E-state index contributed by atoms with van der Waals surface area (Å²) in [5, 5.41) is 0. The molecule has 1 heterocycles. The Hall–Kier alpha value is -0.980. The van der Waals surface area contributed by atoms with Gasteiger partial charge in [-0.25, -0.2) is 0 Å². The van der Waals surface area contributed by atoms with E-state index in [-0.39, 0.29) is 5.41 Å². The quantitative estimate of drug-likeness (QED) is 0.578. The van der Waals surface area contributed by atoms with Crippen LogP contribution in [-0.2, 0) is 4.74 Å². The van der Waals surface area contributed by atoms with Gasteiger partial charge in [0.2, 0.25) is 0 Å². The summed E-state index contributed by atoms with van der Waals surface area (Å²) >= 11 is 0. The van der Waals surface area contributed by atoms with Crippen LogP contribution in [0, 0.1) is 5.41 Å². The molecule has 1 aliphatic heterocycles. The van der Waals surface area contributed by atoms with Gasteiger partial charge in [0.1, 0.15) is 12.4 Å². The van der Waals surface area contributed by atoms with Crippen LogP contribution in [0.4, 0.5) is 0 Å². The van der Waals surface area contributed by atoms with Crippen molar-refractivity contribution >= 4 is 0 Å². The van der Waals surface area contributed by atoms with Gasteiger partial charge in [-0.3, -0.25) is 0 Å². The number of hydrogen-bond acceptors (Lipinski definition) is 1. The summed E-state index contributed by atoms with van der Waals surface area (Å²) < 4.78 is 5.19. The normalized spacial score (nSPS) is 18.2. The van der Waals surface area contributed by atoms with E-state index in [0.29, 0.717) is 6.61 Å². The van der Waals surface area contributed by atoms with Gasteiger partial charge in [-0.1, -0.05) is 39.5 Å². The molecule has 0 aromatic rings. The molecule has 0 radical (unpaired) electrons. The standard InChI is InChI=1S/C11H16O/c1-9-10(6-8-12-9)5-7-11(2,3)4/h5-7H,1,8H2,2-4H3/b7-5+. The smallest absolute Gasteiger partial charge is 0.119 e. The van der Waals surface area contributed by atoms with E-state index in [0.717, 1.165) is 11.3 Å². The maximum atomic E-state index is 5.19. The first kappa shape index (κ1) is 9.11. The molecular formula is C11H16O. The predicted octanol–water partition coefficient (Wildman–Crippen LogP) is 3.06. The van der Waals surface area contributed by atoms with Crippen molar-refractivity contribution in [3.05, 3.63) is 36.1 Å². The highest BCUT2D eigenvalue weighted by Crippen LogP contribution is 2.21. The fourth-order valence-electron chi connectivity index (χ4n) is 0.930. The maximum Gasteiger partial charge on any atom is 0.119 e. The first-order valence-electron chi connectivity index (χ1n) is 4.20. The number of rotatable bonds is 1. The van der Waals surface area contributed by atoms with E-state index < -0.39 is 0 Å². The van der Waals surface area contributed by atoms with E-state index in [2.05, 4.69) is 39.5 Å². The van der Waals surface area contributed by atoms with Gasteiger partial charge >= 0.3 is 0 Å². The Balaban J connectivity index is 2.63. The summed E-state index contributed by atoms with van der Waals surface area (Å²) in [5.74, 6) is 0.788. The van der Waals surface area contributed by atoms with E-state index in [4.69, 9.17) is 4.74 Å². The van der Waals surface area contributed by atoms with Gasteiger partial charge in [-0.05, 0) is 11.5 Å². The van der Waals surface area contributed by atoms with Crippen molar-refractivity contribution in [1.29, 1.82) is 0 Å². The van der Waals surface area contributed by atoms with Crippen molar-refractivity contribution in [2.24, 2.45) is 5.41 Å². The van der Waals surface area contributed by atoms with Gasteiger partial charge in [0, 0.05) is 5.57 Å². The van der Waals surface area contributed by atoms with Crippen molar-refractivity contribution in [3.8, 4) is 0 Å². The summed E-state index contributed by atoms with van der Waals surface area (Å²) in [6, 6.07) is 0. The molecule has 0 fully saturated rings. The lowest BCUT2D eigenvalue weighted by molar-refractivity contribution is 0.278. The Kier molecular flexibility index (Phi) is 2.41. The fraction of sp³-hybridized carbons (Fsp3) is 0.455. The third-order valence-corrected chi connectivity index (χ3v) is 1.65. The Morgan fingerprint density at radius 2 is 2.17 bits per heavy atom. The SMILES string of the molecule is C=C1OCC=C1/C=C/C(C)(C)C. The molecule has 0 unspecified atom stereocenters.